The zero-order valence-electron chi connectivity index (χ0n) is 21.0. The van der Waals surface area contributed by atoms with E-state index < -0.39 is 0 Å². The first kappa shape index (κ1) is 21.8. The van der Waals surface area contributed by atoms with Gasteiger partial charge in [0, 0.05) is 22.7 Å². The van der Waals surface area contributed by atoms with Crippen LogP contribution >= 0.6 is 0 Å². The van der Waals surface area contributed by atoms with Crippen LogP contribution in [0.3, 0.4) is 0 Å². The normalized spacial score (nSPS) is 12.3. The number of pyridine rings is 1. The highest BCUT2D eigenvalue weighted by Crippen LogP contribution is 2.44. The summed E-state index contributed by atoms with van der Waals surface area (Å²) in [6, 6.07) is 29.3. The molecule has 0 atom stereocenters. The van der Waals surface area contributed by atoms with Crippen LogP contribution in [0, 0.1) is 19.8 Å². The van der Waals surface area contributed by atoms with Crippen molar-refractivity contribution >= 4 is 10.8 Å². The van der Waals surface area contributed by atoms with E-state index in [0.29, 0.717) is 5.92 Å². The molecule has 172 valence electrons. The zero-order chi connectivity index (χ0) is 24.1. The van der Waals surface area contributed by atoms with Gasteiger partial charge in [-0.25, -0.2) is 0 Å². The summed E-state index contributed by atoms with van der Waals surface area (Å²) in [5.74, 6) is 0.620. The van der Waals surface area contributed by atoms with Gasteiger partial charge < -0.3 is 0 Å². The summed E-state index contributed by atoms with van der Waals surface area (Å²) in [6.45, 7) is 8.92. The second kappa shape index (κ2) is 8.50. The fourth-order valence-electron chi connectivity index (χ4n) is 5.65. The van der Waals surface area contributed by atoms with E-state index in [4.69, 9.17) is 4.98 Å². The standard InChI is InChI=1S/C34H31N/c1-21(2)15-24-11-14-28-30(18-24)33(25-12-9-22(3)10-13-25)20-35-34(28)32-17-23(4)16-29-27-8-6-5-7-26(27)19-31(29)32/h5-14,16-18,20-21H,15,19H2,1-4H3. The molecular weight excluding hydrogens is 422 g/mol. The van der Waals surface area contributed by atoms with Gasteiger partial charge in [-0.1, -0.05) is 92.2 Å². The summed E-state index contributed by atoms with van der Waals surface area (Å²) in [4.78, 5) is 5.15. The molecule has 1 heteroatoms. The van der Waals surface area contributed by atoms with Gasteiger partial charge in [0.15, 0.2) is 0 Å². The Morgan fingerprint density at radius 3 is 2.29 bits per heavy atom. The predicted octanol–water partition coefficient (Wildman–Crippen LogP) is 8.96. The molecule has 0 radical (unpaired) electrons. The number of hydrogen-bond acceptors (Lipinski definition) is 1. The van der Waals surface area contributed by atoms with Crippen molar-refractivity contribution in [1.29, 1.82) is 0 Å². The summed E-state index contributed by atoms with van der Waals surface area (Å²) in [5.41, 5.74) is 14.3. The first-order valence-electron chi connectivity index (χ1n) is 12.7. The second-order valence-electron chi connectivity index (χ2n) is 10.5. The molecular formula is C34H31N. The third-order valence-electron chi connectivity index (χ3n) is 7.28. The number of aromatic nitrogens is 1. The Morgan fingerprint density at radius 2 is 1.49 bits per heavy atom. The van der Waals surface area contributed by atoms with E-state index in [-0.39, 0.29) is 0 Å². The summed E-state index contributed by atoms with van der Waals surface area (Å²) in [6.07, 6.45) is 4.14. The molecule has 6 rings (SSSR count). The van der Waals surface area contributed by atoms with Crippen molar-refractivity contribution in [1.82, 2.24) is 4.98 Å². The molecule has 0 saturated carbocycles. The average molecular weight is 454 g/mol. The lowest BCUT2D eigenvalue weighted by Crippen LogP contribution is -1.98. The number of nitrogens with zero attached hydrogens (tertiary/aromatic N) is 1. The number of rotatable bonds is 4. The minimum Gasteiger partial charge on any atom is -0.255 e. The Balaban J connectivity index is 1.60. The van der Waals surface area contributed by atoms with E-state index in [1.807, 2.05) is 0 Å². The molecule has 0 amide bonds. The fourth-order valence-corrected chi connectivity index (χ4v) is 5.65. The minimum atomic E-state index is 0.620. The maximum Gasteiger partial charge on any atom is 0.0783 e. The zero-order valence-corrected chi connectivity index (χ0v) is 21.0. The van der Waals surface area contributed by atoms with Gasteiger partial charge in [0.05, 0.1) is 5.69 Å². The van der Waals surface area contributed by atoms with Gasteiger partial charge in [0.25, 0.3) is 0 Å². The van der Waals surface area contributed by atoms with Crippen molar-refractivity contribution < 1.29 is 0 Å². The van der Waals surface area contributed by atoms with Crippen LogP contribution in [0.25, 0.3) is 44.3 Å². The van der Waals surface area contributed by atoms with Crippen molar-refractivity contribution in [3.63, 3.8) is 0 Å². The fraction of sp³-hybridized carbons (Fsp3) is 0.206. The SMILES string of the molecule is Cc1ccc(-c2cnc(-c3cc(C)cc4c3Cc3ccccc3-4)c3ccc(CC(C)C)cc23)cc1. The molecule has 1 aliphatic carbocycles. The molecule has 0 fully saturated rings. The van der Waals surface area contributed by atoms with Crippen molar-refractivity contribution in [2.75, 3.05) is 0 Å². The smallest absolute Gasteiger partial charge is 0.0783 e. The van der Waals surface area contributed by atoms with Crippen molar-refractivity contribution in [2.24, 2.45) is 5.92 Å². The summed E-state index contributed by atoms with van der Waals surface area (Å²) in [5, 5.41) is 2.53. The molecule has 0 spiro atoms. The quantitative estimate of drug-likeness (QED) is 0.259. The average Bonchev–Trinajstić information content (AvgIpc) is 3.22. The van der Waals surface area contributed by atoms with Gasteiger partial charge in [0.1, 0.15) is 0 Å². The van der Waals surface area contributed by atoms with E-state index in [0.717, 1.165) is 18.5 Å². The summed E-state index contributed by atoms with van der Waals surface area (Å²) in [7, 11) is 0. The van der Waals surface area contributed by atoms with E-state index in [1.165, 1.54) is 66.4 Å². The van der Waals surface area contributed by atoms with Crippen LogP contribution in [-0.2, 0) is 12.8 Å². The van der Waals surface area contributed by atoms with Gasteiger partial charge in [-0.15, -0.1) is 0 Å². The van der Waals surface area contributed by atoms with Gasteiger partial charge in [-0.3, -0.25) is 4.98 Å². The third kappa shape index (κ3) is 3.86. The van der Waals surface area contributed by atoms with Crippen molar-refractivity contribution in [3.05, 3.63) is 113 Å². The Bertz CT molecular complexity index is 1570. The Morgan fingerprint density at radius 1 is 0.714 bits per heavy atom. The maximum atomic E-state index is 5.15. The van der Waals surface area contributed by atoms with Gasteiger partial charge in [-0.05, 0) is 83.0 Å². The molecule has 35 heavy (non-hydrogen) atoms. The topological polar surface area (TPSA) is 12.9 Å². The molecule has 1 aromatic heterocycles. The lowest BCUT2D eigenvalue weighted by molar-refractivity contribution is 0.648. The lowest BCUT2D eigenvalue weighted by Gasteiger charge is -2.16. The lowest BCUT2D eigenvalue weighted by atomic mass is 9.90. The molecule has 0 N–H and O–H groups in total. The molecule has 1 aliphatic rings. The molecule has 0 unspecified atom stereocenters. The largest absolute Gasteiger partial charge is 0.255 e. The van der Waals surface area contributed by atoms with E-state index >= 15 is 0 Å². The Kier molecular flexibility index (Phi) is 5.29. The first-order chi connectivity index (χ1) is 17.0. The van der Waals surface area contributed by atoms with Crippen molar-refractivity contribution in [2.45, 2.75) is 40.5 Å². The van der Waals surface area contributed by atoms with E-state index in [9.17, 15) is 0 Å². The van der Waals surface area contributed by atoms with Crippen molar-refractivity contribution in [3.8, 4) is 33.5 Å². The van der Waals surface area contributed by atoms with Crippen LogP contribution in [0.4, 0.5) is 0 Å². The number of aryl methyl sites for hydroxylation is 2. The summed E-state index contributed by atoms with van der Waals surface area (Å²) >= 11 is 0. The Labute approximate surface area is 208 Å². The molecule has 1 nitrogen and oxygen atoms in total. The van der Waals surface area contributed by atoms with Crippen LogP contribution in [-0.4, -0.2) is 4.98 Å². The number of hydrogen-bond donors (Lipinski definition) is 0. The van der Waals surface area contributed by atoms with Crippen LogP contribution in [0.5, 0.6) is 0 Å². The van der Waals surface area contributed by atoms with Gasteiger partial charge in [0.2, 0.25) is 0 Å². The third-order valence-corrected chi connectivity index (χ3v) is 7.28. The number of benzene rings is 4. The minimum absolute atomic E-state index is 0.620. The van der Waals surface area contributed by atoms with Crippen LogP contribution in [0.2, 0.25) is 0 Å². The molecule has 4 aromatic carbocycles. The van der Waals surface area contributed by atoms with Crippen LogP contribution in [0.1, 0.15) is 41.7 Å². The van der Waals surface area contributed by atoms with Crippen LogP contribution < -0.4 is 0 Å². The number of fused-ring (bicyclic) bond motifs is 4. The predicted molar refractivity (Wildman–Crippen MR) is 149 cm³/mol. The molecule has 0 bridgehead atoms. The van der Waals surface area contributed by atoms with Crippen LogP contribution in [0.15, 0.2) is 85.1 Å². The molecule has 0 saturated heterocycles. The maximum absolute atomic E-state index is 5.15. The van der Waals surface area contributed by atoms with E-state index in [1.54, 1.807) is 0 Å². The Hall–Kier alpha value is -3.71. The highest BCUT2D eigenvalue weighted by Gasteiger charge is 2.24. The van der Waals surface area contributed by atoms with Gasteiger partial charge in [-0.2, -0.15) is 0 Å². The molecule has 1 heterocycles. The second-order valence-corrected chi connectivity index (χ2v) is 10.5. The molecule has 0 aliphatic heterocycles. The van der Waals surface area contributed by atoms with E-state index in [2.05, 4.69) is 113 Å². The monoisotopic (exact) mass is 453 g/mol. The van der Waals surface area contributed by atoms with Gasteiger partial charge >= 0.3 is 0 Å². The highest BCUT2D eigenvalue weighted by atomic mass is 14.7. The molecule has 5 aromatic rings. The first-order valence-corrected chi connectivity index (χ1v) is 12.7. The highest BCUT2D eigenvalue weighted by molar-refractivity contribution is 6.04. The summed E-state index contributed by atoms with van der Waals surface area (Å²) < 4.78 is 0.